The number of aryl methyl sites for hydroxylation is 1. The topological polar surface area (TPSA) is 54.7 Å². The van der Waals surface area contributed by atoms with E-state index in [0.717, 1.165) is 24.4 Å². The Labute approximate surface area is 112 Å². The molecule has 1 atom stereocenters. The van der Waals surface area contributed by atoms with Crippen molar-refractivity contribution < 1.29 is 0 Å². The summed E-state index contributed by atoms with van der Waals surface area (Å²) in [4.78, 5) is 10.4. The summed E-state index contributed by atoms with van der Waals surface area (Å²) in [5.74, 6) is 1.48. The highest BCUT2D eigenvalue weighted by molar-refractivity contribution is 7.15. The lowest BCUT2D eigenvalue weighted by atomic mass is 10.0. The number of hydrogen-bond acceptors (Lipinski definition) is 3. The molecule has 0 spiro atoms. The van der Waals surface area contributed by atoms with Crippen LogP contribution in [0.2, 0.25) is 0 Å². The van der Waals surface area contributed by atoms with Crippen LogP contribution in [0.4, 0.5) is 0 Å². The second-order valence-corrected chi connectivity index (χ2v) is 6.21. The van der Waals surface area contributed by atoms with Crippen LogP contribution in [-0.4, -0.2) is 9.97 Å². The molecule has 0 fully saturated rings. The third-order valence-electron chi connectivity index (χ3n) is 2.95. The summed E-state index contributed by atoms with van der Waals surface area (Å²) in [5.41, 5.74) is 7.21. The zero-order valence-electron chi connectivity index (χ0n) is 11.2. The van der Waals surface area contributed by atoms with Crippen LogP contribution in [0.3, 0.4) is 0 Å². The molecule has 4 heteroatoms. The van der Waals surface area contributed by atoms with E-state index < -0.39 is 0 Å². The highest BCUT2D eigenvalue weighted by Crippen LogP contribution is 2.28. The first kappa shape index (κ1) is 13.3. The molecule has 0 saturated heterocycles. The quantitative estimate of drug-likeness (QED) is 0.863. The van der Waals surface area contributed by atoms with Gasteiger partial charge in [-0.1, -0.05) is 20.8 Å². The number of imidazole rings is 1. The molecule has 0 aliphatic carbocycles. The molecule has 0 bridgehead atoms. The van der Waals surface area contributed by atoms with Crippen molar-refractivity contribution in [2.75, 3.05) is 0 Å². The number of rotatable bonds is 5. The molecule has 0 aromatic carbocycles. The van der Waals surface area contributed by atoms with E-state index in [1.165, 1.54) is 9.75 Å². The van der Waals surface area contributed by atoms with Crippen molar-refractivity contribution in [3.8, 4) is 10.6 Å². The fraction of sp³-hybridized carbons (Fsp3) is 0.500. The van der Waals surface area contributed by atoms with Crippen LogP contribution in [0.5, 0.6) is 0 Å². The summed E-state index contributed by atoms with van der Waals surface area (Å²) in [6.45, 7) is 6.53. The number of aromatic nitrogens is 2. The zero-order chi connectivity index (χ0) is 13.1. The van der Waals surface area contributed by atoms with Gasteiger partial charge in [0, 0.05) is 4.88 Å². The van der Waals surface area contributed by atoms with Crippen molar-refractivity contribution in [3.63, 3.8) is 0 Å². The van der Waals surface area contributed by atoms with E-state index in [2.05, 4.69) is 42.9 Å². The predicted octanol–water partition coefficient (Wildman–Crippen LogP) is 3.75. The molecule has 0 aliphatic heterocycles. The summed E-state index contributed by atoms with van der Waals surface area (Å²) < 4.78 is 0. The van der Waals surface area contributed by atoms with Gasteiger partial charge in [0.15, 0.2) is 0 Å². The number of nitrogens with one attached hydrogen (secondary N) is 1. The molecule has 2 aromatic rings. The van der Waals surface area contributed by atoms with Gasteiger partial charge in [-0.05, 0) is 30.9 Å². The summed E-state index contributed by atoms with van der Waals surface area (Å²) in [6, 6.07) is 4.33. The van der Waals surface area contributed by atoms with Gasteiger partial charge < -0.3 is 10.7 Å². The fourth-order valence-corrected chi connectivity index (χ4v) is 2.90. The van der Waals surface area contributed by atoms with Gasteiger partial charge in [-0.15, -0.1) is 11.3 Å². The predicted molar refractivity (Wildman–Crippen MR) is 77.7 cm³/mol. The van der Waals surface area contributed by atoms with E-state index in [1.54, 1.807) is 0 Å². The van der Waals surface area contributed by atoms with Gasteiger partial charge in [0.2, 0.25) is 0 Å². The van der Waals surface area contributed by atoms with E-state index in [9.17, 15) is 0 Å². The van der Waals surface area contributed by atoms with Gasteiger partial charge >= 0.3 is 0 Å². The lowest BCUT2D eigenvalue weighted by molar-refractivity contribution is 0.496. The standard InChI is InChI=1S/C14H21N3S/c1-4-10-5-6-13(18-10)12-8-16-14(17-12)11(15)7-9(2)3/h5-6,8-9,11H,4,7,15H2,1-3H3,(H,16,17). The molecule has 3 N–H and O–H groups in total. The number of aromatic amines is 1. The van der Waals surface area contributed by atoms with Gasteiger partial charge in [0.25, 0.3) is 0 Å². The first-order valence-corrected chi connectivity index (χ1v) is 7.31. The maximum absolute atomic E-state index is 6.13. The Kier molecular flexibility index (Phi) is 4.19. The summed E-state index contributed by atoms with van der Waals surface area (Å²) in [6.07, 6.45) is 3.93. The largest absolute Gasteiger partial charge is 0.340 e. The number of nitrogens with two attached hydrogens (primary N) is 1. The Bertz CT molecular complexity index is 499. The van der Waals surface area contributed by atoms with Crippen molar-refractivity contribution >= 4 is 11.3 Å². The maximum atomic E-state index is 6.13. The molecule has 98 valence electrons. The Balaban J connectivity index is 2.14. The molecule has 0 aliphatic rings. The summed E-state index contributed by atoms with van der Waals surface area (Å²) in [7, 11) is 0. The van der Waals surface area contributed by atoms with Crippen LogP contribution in [-0.2, 0) is 6.42 Å². The molecular weight excluding hydrogens is 242 g/mol. The summed E-state index contributed by atoms with van der Waals surface area (Å²) in [5, 5.41) is 0. The molecular formula is C14H21N3S. The monoisotopic (exact) mass is 263 g/mol. The molecule has 18 heavy (non-hydrogen) atoms. The van der Waals surface area contributed by atoms with Crippen molar-refractivity contribution in [1.29, 1.82) is 0 Å². The number of H-pyrrole nitrogens is 1. The van der Waals surface area contributed by atoms with E-state index in [1.807, 2.05) is 17.5 Å². The SMILES string of the molecule is CCc1ccc(-c2cnc(C(N)CC(C)C)[nH]2)s1. The Morgan fingerprint density at radius 3 is 2.78 bits per heavy atom. The van der Waals surface area contributed by atoms with Gasteiger partial charge in [0.1, 0.15) is 5.82 Å². The highest BCUT2D eigenvalue weighted by atomic mass is 32.1. The zero-order valence-corrected chi connectivity index (χ0v) is 12.1. The van der Waals surface area contributed by atoms with Crippen molar-refractivity contribution in [3.05, 3.63) is 29.0 Å². The first-order valence-electron chi connectivity index (χ1n) is 6.49. The van der Waals surface area contributed by atoms with Crippen LogP contribution in [0, 0.1) is 5.92 Å². The van der Waals surface area contributed by atoms with Gasteiger partial charge in [-0.2, -0.15) is 0 Å². The third kappa shape index (κ3) is 3.00. The molecule has 0 radical (unpaired) electrons. The maximum Gasteiger partial charge on any atom is 0.123 e. The van der Waals surface area contributed by atoms with E-state index in [-0.39, 0.29) is 6.04 Å². The third-order valence-corrected chi connectivity index (χ3v) is 4.21. The smallest absolute Gasteiger partial charge is 0.123 e. The average molecular weight is 263 g/mol. The minimum absolute atomic E-state index is 0.00403. The number of thiophene rings is 1. The lowest BCUT2D eigenvalue weighted by Crippen LogP contribution is -2.14. The lowest BCUT2D eigenvalue weighted by Gasteiger charge is -2.10. The van der Waals surface area contributed by atoms with Crippen LogP contribution >= 0.6 is 11.3 Å². The van der Waals surface area contributed by atoms with E-state index >= 15 is 0 Å². The Morgan fingerprint density at radius 2 is 2.17 bits per heavy atom. The van der Waals surface area contributed by atoms with Gasteiger partial charge in [-0.3, -0.25) is 0 Å². The van der Waals surface area contributed by atoms with E-state index in [4.69, 9.17) is 5.73 Å². The fourth-order valence-electron chi connectivity index (χ4n) is 1.98. The first-order chi connectivity index (χ1) is 8.60. The molecule has 1 unspecified atom stereocenters. The molecule has 2 rings (SSSR count). The van der Waals surface area contributed by atoms with Crippen LogP contribution < -0.4 is 5.73 Å². The Morgan fingerprint density at radius 1 is 1.39 bits per heavy atom. The van der Waals surface area contributed by atoms with Crippen molar-refractivity contribution in [1.82, 2.24) is 9.97 Å². The molecule has 0 saturated carbocycles. The highest BCUT2D eigenvalue weighted by Gasteiger charge is 2.13. The molecule has 2 heterocycles. The second-order valence-electron chi connectivity index (χ2n) is 5.04. The van der Waals surface area contributed by atoms with E-state index in [0.29, 0.717) is 5.92 Å². The normalized spacial score (nSPS) is 13.2. The van der Waals surface area contributed by atoms with Gasteiger partial charge in [0.05, 0.1) is 22.8 Å². The van der Waals surface area contributed by atoms with Crippen LogP contribution in [0.15, 0.2) is 18.3 Å². The average Bonchev–Trinajstić information content (AvgIpc) is 2.96. The second kappa shape index (κ2) is 5.67. The number of hydrogen-bond donors (Lipinski definition) is 2. The van der Waals surface area contributed by atoms with Gasteiger partial charge in [-0.25, -0.2) is 4.98 Å². The molecule has 0 amide bonds. The minimum atomic E-state index is 0.00403. The minimum Gasteiger partial charge on any atom is -0.340 e. The van der Waals surface area contributed by atoms with Crippen LogP contribution in [0.1, 0.15) is 43.9 Å². The van der Waals surface area contributed by atoms with Crippen molar-refractivity contribution in [2.24, 2.45) is 11.7 Å². The Hall–Kier alpha value is -1.13. The van der Waals surface area contributed by atoms with Crippen LogP contribution in [0.25, 0.3) is 10.6 Å². The summed E-state index contributed by atoms with van der Waals surface area (Å²) >= 11 is 1.81. The molecule has 3 nitrogen and oxygen atoms in total. The number of nitrogens with zero attached hydrogens (tertiary/aromatic N) is 1. The molecule has 2 aromatic heterocycles. The van der Waals surface area contributed by atoms with Crippen molar-refractivity contribution in [2.45, 2.75) is 39.7 Å².